The van der Waals surface area contributed by atoms with Gasteiger partial charge < -0.3 is 14.3 Å². The van der Waals surface area contributed by atoms with E-state index in [0.29, 0.717) is 12.8 Å². The maximum Gasteiger partial charge on any atom is 0.338 e. The number of rotatable bonds is 9. The average molecular weight is 424 g/mol. The molecule has 164 valence electrons. The number of ether oxygens (including phenoxy) is 2. The summed E-state index contributed by atoms with van der Waals surface area (Å²) in [5.41, 5.74) is 0.157. The molecule has 1 aliphatic heterocycles. The first-order valence-electron chi connectivity index (χ1n) is 10.7. The van der Waals surface area contributed by atoms with Crippen LogP contribution in [0.5, 0.6) is 0 Å². The van der Waals surface area contributed by atoms with Crippen LogP contribution in [0.4, 0.5) is 0 Å². The molecule has 1 N–H and O–H groups in total. The van der Waals surface area contributed by atoms with E-state index < -0.39 is 35.4 Å². The monoisotopic (exact) mass is 423 g/mol. The summed E-state index contributed by atoms with van der Waals surface area (Å²) < 4.78 is 10.7. The second-order valence-electron chi connectivity index (χ2n) is 7.63. The van der Waals surface area contributed by atoms with Crippen LogP contribution in [0.2, 0.25) is 0 Å². The first-order chi connectivity index (χ1) is 15.1. The Kier molecular flexibility index (Phi) is 7.58. The summed E-state index contributed by atoms with van der Waals surface area (Å²) in [6.45, 7) is 3.62. The third kappa shape index (κ3) is 4.54. The summed E-state index contributed by atoms with van der Waals surface area (Å²) in [6, 6.07) is 18.7. The molecule has 1 fully saturated rings. The van der Waals surface area contributed by atoms with Crippen LogP contribution < -0.4 is 5.32 Å². The van der Waals surface area contributed by atoms with Gasteiger partial charge in [-0.05, 0) is 37.8 Å². The van der Waals surface area contributed by atoms with E-state index in [-0.39, 0.29) is 13.2 Å². The highest BCUT2D eigenvalue weighted by atomic mass is 16.6. The van der Waals surface area contributed by atoms with Crippen molar-refractivity contribution >= 4 is 18.2 Å². The molecule has 0 unspecified atom stereocenters. The minimum absolute atomic E-state index is 0.120. The van der Waals surface area contributed by atoms with Gasteiger partial charge in [0.05, 0.1) is 13.2 Å². The molecule has 6 nitrogen and oxygen atoms in total. The molecule has 0 spiro atoms. The normalized spacial score (nSPS) is 21.9. The fourth-order valence-electron chi connectivity index (χ4n) is 4.48. The van der Waals surface area contributed by atoms with Crippen LogP contribution in [-0.4, -0.2) is 37.0 Å². The van der Waals surface area contributed by atoms with E-state index in [2.05, 4.69) is 5.32 Å². The third-order valence-corrected chi connectivity index (χ3v) is 5.89. The standard InChI is InChI=1S/C25H29NO5/c1-3-30-23(28)25(24(29)31-4-2)21(16-15-18-11-7-5-8-12-18)20(17-27)22(26-25)19-13-9-6-10-14-19/h5-14,17,20-22,26H,3-4,15-16H2,1-2H3/t20-,21-,22-/m1/s1. The van der Waals surface area contributed by atoms with Gasteiger partial charge >= 0.3 is 11.9 Å². The minimum Gasteiger partial charge on any atom is -0.464 e. The van der Waals surface area contributed by atoms with Gasteiger partial charge in [-0.1, -0.05) is 60.7 Å². The second kappa shape index (κ2) is 10.4. The van der Waals surface area contributed by atoms with Crippen LogP contribution >= 0.6 is 0 Å². The zero-order chi connectivity index (χ0) is 22.3. The molecule has 6 heteroatoms. The van der Waals surface area contributed by atoms with Crippen molar-refractivity contribution in [2.24, 2.45) is 11.8 Å². The molecule has 31 heavy (non-hydrogen) atoms. The lowest BCUT2D eigenvalue weighted by atomic mass is 9.75. The molecule has 0 bridgehead atoms. The molecule has 0 amide bonds. The van der Waals surface area contributed by atoms with E-state index in [1.54, 1.807) is 13.8 Å². The summed E-state index contributed by atoms with van der Waals surface area (Å²) >= 11 is 0. The van der Waals surface area contributed by atoms with Crippen molar-refractivity contribution in [2.45, 2.75) is 38.3 Å². The number of nitrogens with one attached hydrogen (secondary N) is 1. The number of benzene rings is 2. The predicted molar refractivity (Wildman–Crippen MR) is 116 cm³/mol. The molecule has 3 rings (SSSR count). The fourth-order valence-corrected chi connectivity index (χ4v) is 4.48. The SMILES string of the molecule is CCOC(=O)C1(C(=O)OCC)N[C@H](c2ccccc2)[C@H](C=O)[C@H]1CCc1ccccc1. The second-order valence-corrected chi connectivity index (χ2v) is 7.63. The van der Waals surface area contributed by atoms with Gasteiger partial charge in [-0.3, -0.25) is 5.32 Å². The first-order valence-corrected chi connectivity index (χ1v) is 10.7. The van der Waals surface area contributed by atoms with Crippen LogP contribution in [0.25, 0.3) is 0 Å². The maximum absolute atomic E-state index is 13.2. The van der Waals surface area contributed by atoms with Crippen molar-refractivity contribution in [1.82, 2.24) is 5.32 Å². The Hall–Kier alpha value is -2.99. The predicted octanol–water partition coefficient (Wildman–Crippen LogP) is 3.26. The lowest BCUT2D eigenvalue weighted by Gasteiger charge is -2.31. The molecule has 2 aromatic rings. The Balaban J connectivity index is 2.06. The van der Waals surface area contributed by atoms with Gasteiger partial charge in [-0.25, -0.2) is 9.59 Å². The summed E-state index contributed by atoms with van der Waals surface area (Å²) in [5.74, 6) is -2.61. The lowest BCUT2D eigenvalue weighted by molar-refractivity contribution is -0.168. The van der Waals surface area contributed by atoms with Crippen LogP contribution in [0, 0.1) is 11.8 Å². The van der Waals surface area contributed by atoms with Crippen molar-refractivity contribution in [3.63, 3.8) is 0 Å². The Labute approximate surface area is 182 Å². The lowest BCUT2D eigenvalue weighted by Crippen LogP contribution is -2.60. The molecule has 0 aromatic heterocycles. The Morgan fingerprint density at radius 2 is 1.48 bits per heavy atom. The highest BCUT2D eigenvalue weighted by Gasteiger charge is 2.64. The number of carbonyl (C=O) groups excluding carboxylic acids is 3. The minimum atomic E-state index is -1.74. The summed E-state index contributed by atoms with van der Waals surface area (Å²) in [7, 11) is 0. The molecule has 1 heterocycles. The van der Waals surface area contributed by atoms with Crippen molar-refractivity contribution in [1.29, 1.82) is 0 Å². The van der Waals surface area contributed by atoms with E-state index in [1.807, 2.05) is 60.7 Å². The van der Waals surface area contributed by atoms with E-state index in [4.69, 9.17) is 9.47 Å². The Morgan fingerprint density at radius 3 is 2.00 bits per heavy atom. The maximum atomic E-state index is 13.2. The van der Waals surface area contributed by atoms with Gasteiger partial charge in [-0.15, -0.1) is 0 Å². The number of carbonyl (C=O) groups is 3. The first kappa shape index (κ1) is 22.7. The Bertz CT molecular complexity index is 865. The van der Waals surface area contributed by atoms with Crippen molar-refractivity contribution in [2.75, 3.05) is 13.2 Å². The van der Waals surface area contributed by atoms with Gasteiger partial charge in [0.25, 0.3) is 0 Å². The average Bonchev–Trinajstić information content (AvgIpc) is 3.14. The quantitative estimate of drug-likeness (QED) is 0.379. The zero-order valence-corrected chi connectivity index (χ0v) is 18.0. The number of aryl methyl sites for hydroxylation is 1. The van der Waals surface area contributed by atoms with Crippen molar-refractivity contribution in [3.8, 4) is 0 Å². The highest BCUT2D eigenvalue weighted by Crippen LogP contribution is 2.45. The highest BCUT2D eigenvalue weighted by molar-refractivity contribution is 6.06. The molecule has 0 saturated carbocycles. The molecule has 1 aliphatic rings. The van der Waals surface area contributed by atoms with Crippen molar-refractivity contribution in [3.05, 3.63) is 71.8 Å². The van der Waals surface area contributed by atoms with Crippen LogP contribution in [0.1, 0.15) is 37.4 Å². The molecule has 2 aromatic carbocycles. The van der Waals surface area contributed by atoms with Gasteiger partial charge in [0.1, 0.15) is 6.29 Å². The van der Waals surface area contributed by atoms with Gasteiger partial charge in [-0.2, -0.15) is 0 Å². The summed E-state index contributed by atoms with van der Waals surface area (Å²) in [6.07, 6.45) is 1.90. The fraction of sp³-hybridized carbons (Fsp3) is 0.400. The van der Waals surface area contributed by atoms with Gasteiger partial charge in [0, 0.05) is 17.9 Å². The molecule has 3 atom stereocenters. The van der Waals surface area contributed by atoms with E-state index in [9.17, 15) is 14.4 Å². The van der Waals surface area contributed by atoms with E-state index in [1.165, 1.54) is 0 Å². The van der Waals surface area contributed by atoms with Gasteiger partial charge in [0.2, 0.25) is 5.54 Å². The smallest absolute Gasteiger partial charge is 0.338 e. The summed E-state index contributed by atoms with van der Waals surface area (Å²) in [4.78, 5) is 38.8. The van der Waals surface area contributed by atoms with Gasteiger partial charge in [0.15, 0.2) is 0 Å². The van der Waals surface area contributed by atoms with Crippen LogP contribution in [0.3, 0.4) is 0 Å². The van der Waals surface area contributed by atoms with Crippen LogP contribution in [0.15, 0.2) is 60.7 Å². The number of esters is 2. The summed E-state index contributed by atoms with van der Waals surface area (Å²) in [5, 5.41) is 3.20. The van der Waals surface area contributed by atoms with Crippen molar-refractivity contribution < 1.29 is 23.9 Å². The number of aldehydes is 1. The van der Waals surface area contributed by atoms with E-state index >= 15 is 0 Å². The topological polar surface area (TPSA) is 81.7 Å². The molecular formula is C25H29NO5. The Morgan fingerprint density at radius 1 is 0.935 bits per heavy atom. The number of hydrogen-bond acceptors (Lipinski definition) is 6. The van der Waals surface area contributed by atoms with Crippen LogP contribution in [-0.2, 0) is 30.3 Å². The molecule has 1 saturated heterocycles. The third-order valence-electron chi connectivity index (χ3n) is 5.89. The molecule has 0 radical (unpaired) electrons. The number of hydrogen-bond donors (Lipinski definition) is 1. The molecular weight excluding hydrogens is 394 g/mol. The van der Waals surface area contributed by atoms with E-state index in [0.717, 1.165) is 17.4 Å². The molecule has 0 aliphatic carbocycles. The zero-order valence-electron chi connectivity index (χ0n) is 18.0. The largest absolute Gasteiger partial charge is 0.464 e.